The quantitative estimate of drug-likeness (QED) is 0.566. The molecule has 0 radical (unpaired) electrons. The summed E-state index contributed by atoms with van der Waals surface area (Å²) in [5, 5.41) is 0. The molecule has 26 heavy (non-hydrogen) atoms. The Balaban J connectivity index is 1.88. The number of hydrogen-bond acceptors (Lipinski definition) is 0. The lowest BCUT2D eigenvalue weighted by Gasteiger charge is -2.52. The third-order valence-electron chi connectivity index (χ3n) is 7.40. The van der Waals surface area contributed by atoms with Crippen LogP contribution in [0.2, 0.25) is 0 Å². The monoisotopic (exact) mass is 348 g/mol. The summed E-state index contributed by atoms with van der Waals surface area (Å²) >= 11 is 0. The fourth-order valence-electron chi connectivity index (χ4n) is 5.21. The van der Waals surface area contributed by atoms with Gasteiger partial charge < -0.3 is 0 Å². The Morgan fingerprint density at radius 2 is 1.42 bits per heavy atom. The molecule has 1 heteroatoms. The lowest BCUT2D eigenvalue weighted by Crippen LogP contribution is -2.44. The molecule has 0 saturated heterocycles. The van der Waals surface area contributed by atoms with Crippen molar-refractivity contribution in [3.63, 3.8) is 0 Å². The second kappa shape index (κ2) is 5.44. The van der Waals surface area contributed by atoms with Crippen LogP contribution in [-0.4, -0.2) is 0 Å². The van der Waals surface area contributed by atoms with Crippen molar-refractivity contribution in [1.29, 1.82) is 0 Å². The van der Waals surface area contributed by atoms with Gasteiger partial charge in [0.15, 0.2) is 6.20 Å². The van der Waals surface area contributed by atoms with Gasteiger partial charge in [-0.15, -0.1) is 0 Å². The van der Waals surface area contributed by atoms with E-state index in [0.717, 1.165) is 0 Å². The minimum Gasteiger partial charge on any atom is -0.201 e. The second-order valence-electron chi connectivity index (χ2n) is 10.5. The Labute approximate surface area is 159 Å². The van der Waals surface area contributed by atoms with Crippen LogP contribution < -0.4 is 4.57 Å². The van der Waals surface area contributed by atoms with Crippen LogP contribution in [-0.2, 0) is 23.3 Å². The van der Waals surface area contributed by atoms with Crippen LogP contribution in [0.25, 0.3) is 11.3 Å². The normalized spacial score (nSPS) is 27.5. The number of aromatic nitrogens is 1. The van der Waals surface area contributed by atoms with Gasteiger partial charge in [-0.3, -0.25) is 0 Å². The topological polar surface area (TPSA) is 3.88 Å². The first kappa shape index (κ1) is 17.8. The van der Waals surface area contributed by atoms with E-state index in [4.69, 9.17) is 0 Å². The van der Waals surface area contributed by atoms with Gasteiger partial charge in [-0.25, -0.2) is 4.57 Å². The molecule has 0 amide bonds. The summed E-state index contributed by atoms with van der Waals surface area (Å²) in [6.07, 6.45) is 7.69. The maximum absolute atomic E-state index is 2.54. The van der Waals surface area contributed by atoms with E-state index in [-0.39, 0.29) is 5.41 Å². The largest absolute Gasteiger partial charge is 0.212 e. The van der Waals surface area contributed by atoms with Gasteiger partial charge in [0.25, 0.3) is 0 Å². The highest BCUT2D eigenvalue weighted by Gasteiger charge is 2.47. The third-order valence-corrected chi connectivity index (χ3v) is 7.40. The molecule has 2 bridgehead atoms. The molecule has 0 spiro atoms. The van der Waals surface area contributed by atoms with Crippen molar-refractivity contribution in [3.8, 4) is 11.3 Å². The van der Waals surface area contributed by atoms with Crippen LogP contribution >= 0.6 is 0 Å². The average molecular weight is 349 g/mol. The van der Waals surface area contributed by atoms with Crippen molar-refractivity contribution in [2.45, 2.75) is 83.5 Å². The minimum atomic E-state index is 0.183. The van der Waals surface area contributed by atoms with Gasteiger partial charge in [-0.1, -0.05) is 40.7 Å². The number of benzene rings is 1. The maximum atomic E-state index is 2.54. The van der Waals surface area contributed by atoms with Gasteiger partial charge in [0.2, 0.25) is 5.69 Å². The van der Waals surface area contributed by atoms with Crippen LogP contribution in [0.3, 0.4) is 0 Å². The molecule has 3 aliphatic rings. The number of rotatable bonds is 1. The first-order valence-electron chi connectivity index (χ1n) is 10.2. The number of hydrogen-bond donors (Lipinski definition) is 0. The number of aryl methyl sites for hydroxylation is 2. The molecule has 3 aliphatic carbocycles. The van der Waals surface area contributed by atoms with Gasteiger partial charge in [0.1, 0.15) is 7.05 Å². The standard InChI is InChI=1S/C25H34N/c1-17-14-20-21(25(6)12-10-24(20,5)11-13-25)15-19(17)22-9-8-18(16-26(22)7)23(2,3)4/h8-9,14-16H,10-13H2,1-7H3/q+1. The minimum absolute atomic E-state index is 0.183. The van der Waals surface area contributed by atoms with Crippen molar-refractivity contribution in [3.05, 3.63) is 52.7 Å². The fourth-order valence-corrected chi connectivity index (χ4v) is 5.21. The van der Waals surface area contributed by atoms with E-state index in [1.165, 1.54) is 48.1 Å². The molecule has 1 nitrogen and oxygen atoms in total. The molecule has 0 atom stereocenters. The van der Waals surface area contributed by atoms with Gasteiger partial charge in [0.05, 0.1) is 0 Å². The van der Waals surface area contributed by atoms with E-state index >= 15 is 0 Å². The predicted octanol–water partition coefficient (Wildman–Crippen LogP) is 5.89. The Kier molecular flexibility index (Phi) is 3.72. The van der Waals surface area contributed by atoms with Crippen LogP contribution in [0.15, 0.2) is 30.5 Å². The Morgan fingerprint density at radius 1 is 0.885 bits per heavy atom. The smallest absolute Gasteiger partial charge is 0.201 e. The second-order valence-corrected chi connectivity index (χ2v) is 10.5. The summed E-state index contributed by atoms with van der Waals surface area (Å²) in [5.74, 6) is 0. The van der Waals surface area contributed by atoms with Crippen LogP contribution in [0, 0.1) is 6.92 Å². The Morgan fingerprint density at radius 3 is 1.92 bits per heavy atom. The zero-order valence-electron chi connectivity index (χ0n) is 17.7. The number of nitrogens with zero attached hydrogens (tertiary/aromatic N) is 1. The third kappa shape index (κ3) is 2.54. The Bertz CT molecular complexity index is 874. The molecule has 0 aliphatic heterocycles. The molecule has 2 aromatic rings. The lowest BCUT2D eigenvalue weighted by molar-refractivity contribution is -0.661. The highest BCUT2D eigenvalue weighted by atomic mass is 14.9. The molecule has 1 aromatic carbocycles. The van der Waals surface area contributed by atoms with Crippen molar-refractivity contribution >= 4 is 0 Å². The summed E-state index contributed by atoms with van der Waals surface area (Å²) in [7, 11) is 2.19. The molecule has 1 saturated carbocycles. The van der Waals surface area contributed by atoms with Crippen molar-refractivity contribution in [2.75, 3.05) is 0 Å². The molecule has 1 heterocycles. The highest BCUT2D eigenvalue weighted by Crippen LogP contribution is 2.57. The van der Waals surface area contributed by atoms with Gasteiger partial charge in [0, 0.05) is 17.2 Å². The average Bonchev–Trinajstić information content (AvgIpc) is 2.56. The van der Waals surface area contributed by atoms with E-state index in [1.54, 1.807) is 11.1 Å². The van der Waals surface area contributed by atoms with E-state index in [2.05, 4.69) is 83.6 Å². The van der Waals surface area contributed by atoms with Crippen molar-refractivity contribution in [2.24, 2.45) is 7.05 Å². The molecule has 0 N–H and O–H groups in total. The van der Waals surface area contributed by atoms with E-state index in [1.807, 2.05) is 0 Å². The molecular weight excluding hydrogens is 314 g/mol. The fraction of sp³-hybridized carbons (Fsp3) is 0.560. The first-order chi connectivity index (χ1) is 12.0. The van der Waals surface area contributed by atoms with Crippen molar-refractivity contribution < 1.29 is 4.57 Å². The summed E-state index contributed by atoms with van der Waals surface area (Å²) in [4.78, 5) is 0. The SMILES string of the molecule is Cc1cc2c(cc1-c1ccc(C(C)(C)C)c[n+]1C)C1(C)CCC2(C)CC1. The van der Waals surface area contributed by atoms with Crippen molar-refractivity contribution in [1.82, 2.24) is 0 Å². The number of fused-ring (bicyclic) bond motifs is 2. The van der Waals surface area contributed by atoms with Gasteiger partial charge in [-0.05, 0) is 77.7 Å². The van der Waals surface area contributed by atoms with Crippen LogP contribution in [0.5, 0.6) is 0 Å². The van der Waals surface area contributed by atoms with E-state index in [0.29, 0.717) is 10.8 Å². The van der Waals surface area contributed by atoms with E-state index < -0.39 is 0 Å². The lowest BCUT2D eigenvalue weighted by atomic mass is 9.52. The molecule has 5 rings (SSSR count). The zero-order chi connectivity index (χ0) is 18.9. The van der Waals surface area contributed by atoms with E-state index in [9.17, 15) is 0 Å². The molecule has 1 fully saturated rings. The summed E-state index contributed by atoms with van der Waals surface area (Å²) in [5.41, 5.74) is 9.75. The summed E-state index contributed by atoms with van der Waals surface area (Å²) in [6, 6.07) is 9.68. The predicted molar refractivity (Wildman–Crippen MR) is 110 cm³/mol. The van der Waals surface area contributed by atoms with Gasteiger partial charge >= 0.3 is 0 Å². The molecule has 0 unspecified atom stereocenters. The first-order valence-corrected chi connectivity index (χ1v) is 10.2. The summed E-state index contributed by atoms with van der Waals surface area (Å²) in [6.45, 7) is 14.1. The van der Waals surface area contributed by atoms with Crippen LogP contribution in [0.1, 0.15) is 82.6 Å². The molecular formula is C25H34N+. The molecule has 138 valence electrons. The molecule has 1 aromatic heterocycles. The highest BCUT2D eigenvalue weighted by molar-refractivity contribution is 5.66. The Hall–Kier alpha value is -1.63. The van der Waals surface area contributed by atoms with Gasteiger partial charge in [-0.2, -0.15) is 0 Å². The maximum Gasteiger partial charge on any atom is 0.212 e. The zero-order valence-corrected chi connectivity index (χ0v) is 17.7. The number of pyridine rings is 1. The summed E-state index contributed by atoms with van der Waals surface area (Å²) < 4.78 is 2.32. The van der Waals surface area contributed by atoms with Crippen LogP contribution in [0.4, 0.5) is 0 Å².